The molecule has 0 atom stereocenters. The molecule has 0 bridgehead atoms. The number of hydrogen-bond acceptors (Lipinski definition) is 5. The molecule has 0 aliphatic carbocycles. The monoisotopic (exact) mass is 295 g/mol. The van der Waals surface area contributed by atoms with E-state index in [1.165, 1.54) is 30.3 Å². The fraction of sp³-hybridized carbons (Fsp3) is 0. The highest BCUT2D eigenvalue weighted by Crippen LogP contribution is 2.23. The Morgan fingerprint density at radius 2 is 1.50 bits per heavy atom. The van der Waals surface area contributed by atoms with Gasteiger partial charge in [0, 0.05) is 6.07 Å². The molecular weight excluding hydrogens is 286 g/mol. The van der Waals surface area contributed by atoms with Gasteiger partial charge in [0.1, 0.15) is 0 Å². The predicted molar refractivity (Wildman–Crippen MR) is 77.6 cm³/mol. The largest absolute Gasteiger partial charge is 0.282 e. The van der Waals surface area contributed by atoms with E-state index in [0.717, 1.165) is 6.21 Å². The summed E-state index contributed by atoms with van der Waals surface area (Å²) in [6.45, 7) is 0. The molecule has 7 nitrogen and oxygen atoms in total. The van der Waals surface area contributed by atoms with Gasteiger partial charge in [-0.15, -0.1) is 0 Å². The first kappa shape index (κ1) is 13.6. The minimum absolute atomic E-state index is 0.150. The molecule has 0 radical (unpaired) electrons. The van der Waals surface area contributed by atoms with E-state index in [-0.39, 0.29) is 22.4 Å². The Kier molecular flexibility index (Phi) is 3.23. The Hall–Kier alpha value is -3.35. The van der Waals surface area contributed by atoms with Gasteiger partial charge >= 0.3 is 0 Å². The second kappa shape index (κ2) is 5.21. The molecule has 0 spiro atoms. The van der Waals surface area contributed by atoms with Crippen molar-refractivity contribution < 1.29 is 14.5 Å². The van der Waals surface area contributed by atoms with Crippen LogP contribution in [0.15, 0.2) is 53.6 Å². The third-order valence-corrected chi connectivity index (χ3v) is 3.22. The van der Waals surface area contributed by atoms with E-state index in [0.29, 0.717) is 5.01 Å². The third kappa shape index (κ3) is 2.14. The third-order valence-electron chi connectivity index (χ3n) is 3.22. The summed E-state index contributed by atoms with van der Waals surface area (Å²) in [6, 6.07) is 12.3. The zero-order valence-corrected chi connectivity index (χ0v) is 11.2. The molecule has 2 aromatic carbocycles. The molecule has 0 aromatic heterocycles. The smallest absolute Gasteiger partial charge is 0.267 e. The highest BCUT2D eigenvalue weighted by atomic mass is 16.6. The maximum atomic E-state index is 12.1. The highest BCUT2D eigenvalue weighted by Gasteiger charge is 2.35. The number of hydrogen-bond donors (Lipinski definition) is 0. The molecule has 0 unspecified atom stereocenters. The van der Waals surface area contributed by atoms with E-state index in [9.17, 15) is 19.7 Å². The van der Waals surface area contributed by atoms with Gasteiger partial charge in [0.15, 0.2) is 0 Å². The number of hydrazone groups is 1. The van der Waals surface area contributed by atoms with Crippen LogP contribution in [0.4, 0.5) is 5.69 Å². The van der Waals surface area contributed by atoms with Crippen molar-refractivity contribution in [3.05, 3.63) is 75.3 Å². The normalized spacial score (nSPS) is 13.7. The lowest BCUT2D eigenvalue weighted by Gasteiger charge is -2.05. The quantitative estimate of drug-likeness (QED) is 0.375. The van der Waals surface area contributed by atoms with Gasteiger partial charge in [-0.3, -0.25) is 19.7 Å². The Morgan fingerprint density at radius 1 is 0.955 bits per heavy atom. The van der Waals surface area contributed by atoms with E-state index < -0.39 is 16.7 Å². The zero-order chi connectivity index (χ0) is 15.7. The van der Waals surface area contributed by atoms with Crippen molar-refractivity contribution in [2.75, 3.05) is 0 Å². The highest BCUT2D eigenvalue weighted by molar-refractivity contribution is 6.21. The van der Waals surface area contributed by atoms with E-state index in [4.69, 9.17) is 0 Å². The fourth-order valence-electron chi connectivity index (χ4n) is 2.16. The van der Waals surface area contributed by atoms with Crippen LogP contribution in [0.2, 0.25) is 0 Å². The Morgan fingerprint density at radius 3 is 2.09 bits per heavy atom. The Labute approximate surface area is 124 Å². The minimum atomic E-state index is -0.552. The van der Waals surface area contributed by atoms with Crippen molar-refractivity contribution >= 4 is 23.7 Å². The van der Waals surface area contributed by atoms with Crippen molar-refractivity contribution in [3.8, 4) is 0 Å². The van der Waals surface area contributed by atoms with Crippen LogP contribution in [0.25, 0.3) is 0 Å². The number of carbonyl (C=O) groups excluding carboxylic acids is 2. The SMILES string of the molecule is O=C1c2ccccc2C(=O)N1/N=C/c1ccccc1[N+](=O)[O-]. The van der Waals surface area contributed by atoms with Crippen LogP contribution in [-0.2, 0) is 0 Å². The predicted octanol–water partition coefficient (Wildman–Crippen LogP) is 2.22. The Bertz CT molecular complexity index is 794. The zero-order valence-electron chi connectivity index (χ0n) is 11.2. The second-order valence-electron chi connectivity index (χ2n) is 4.53. The van der Waals surface area contributed by atoms with Gasteiger partial charge in [0.2, 0.25) is 0 Å². The van der Waals surface area contributed by atoms with E-state index in [1.54, 1.807) is 18.2 Å². The number of nitro benzene ring substituents is 1. The molecule has 1 heterocycles. The van der Waals surface area contributed by atoms with Crippen LogP contribution in [0, 0.1) is 10.1 Å². The number of nitrogens with zero attached hydrogens (tertiary/aromatic N) is 3. The molecule has 0 N–H and O–H groups in total. The van der Waals surface area contributed by atoms with Gasteiger partial charge < -0.3 is 0 Å². The van der Waals surface area contributed by atoms with Gasteiger partial charge in [-0.2, -0.15) is 10.1 Å². The summed E-state index contributed by atoms with van der Waals surface area (Å²) in [7, 11) is 0. The van der Waals surface area contributed by atoms with Crippen LogP contribution < -0.4 is 0 Å². The molecule has 0 saturated carbocycles. The molecule has 0 fully saturated rings. The van der Waals surface area contributed by atoms with Gasteiger partial charge in [-0.25, -0.2) is 0 Å². The standard InChI is InChI=1S/C15H9N3O4/c19-14-11-6-2-3-7-12(11)15(20)17(14)16-9-10-5-1-4-8-13(10)18(21)22/h1-9H/b16-9+. The summed E-state index contributed by atoms with van der Waals surface area (Å²) in [5.41, 5.74) is 0.603. The minimum Gasteiger partial charge on any atom is -0.267 e. The molecule has 108 valence electrons. The van der Waals surface area contributed by atoms with Crippen molar-refractivity contribution in [1.29, 1.82) is 0 Å². The van der Waals surface area contributed by atoms with Crippen molar-refractivity contribution in [1.82, 2.24) is 5.01 Å². The van der Waals surface area contributed by atoms with Crippen molar-refractivity contribution in [3.63, 3.8) is 0 Å². The van der Waals surface area contributed by atoms with Crippen LogP contribution in [-0.4, -0.2) is 28.0 Å². The number of para-hydroxylation sites is 1. The summed E-state index contributed by atoms with van der Waals surface area (Å²) in [5.74, 6) is -1.09. The number of nitro groups is 1. The molecule has 0 saturated heterocycles. The molecular formula is C15H9N3O4. The first-order chi connectivity index (χ1) is 10.6. The number of rotatable bonds is 3. The van der Waals surface area contributed by atoms with Crippen molar-refractivity contribution in [2.45, 2.75) is 0 Å². The van der Waals surface area contributed by atoms with Gasteiger partial charge in [-0.1, -0.05) is 24.3 Å². The molecule has 1 aliphatic heterocycles. The number of amides is 2. The first-order valence-electron chi connectivity index (χ1n) is 6.35. The maximum absolute atomic E-state index is 12.1. The van der Waals surface area contributed by atoms with E-state index in [2.05, 4.69) is 5.10 Å². The average Bonchev–Trinajstić information content (AvgIpc) is 2.77. The molecule has 7 heteroatoms. The van der Waals surface area contributed by atoms with Gasteiger partial charge in [0.05, 0.1) is 27.8 Å². The number of benzene rings is 2. The van der Waals surface area contributed by atoms with Gasteiger partial charge in [-0.05, 0) is 18.2 Å². The lowest BCUT2D eigenvalue weighted by Crippen LogP contribution is -2.24. The number of fused-ring (bicyclic) bond motifs is 1. The molecule has 1 aliphatic rings. The summed E-state index contributed by atoms with van der Waals surface area (Å²) in [4.78, 5) is 34.6. The van der Waals surface area contributed by atoms with Gasteiger partial charge in [0.25, 0.3) is 17.5 Å². The second-order valence-corrected chi connectivity index (χ2v) is 4.53. The van der Waals surface area contributed by atoms with Crippen molar-refractivity contribution in [2.24, 2.45) is 5.10 Å². The van der Waals surface area contributed by atoms with E-state index in [1.807, 2.05) is 0 Å². The molecule has 2 amide bonds. The number of imide groups is 1. The summed E-state index contributed by atoms with van der Waals surface area (Å²) >= 11 is 0. The lowest BCUT2D eigenvalue weighted by atomic mass is 10.1. The summed E-state index contributed by atoms with van der Waals surface area (Å²) < 4.78 is 0. The topological polar surface area (TPSA) is 92.9 Å². The Balaban J connectivity index is 1.94. The molecule has 2 aromatic rings. The lowest BCUT2D eigenvalue weighted by molar-refractivity contribution is -0.385. The maximum Gasteiger partial charge on any atom is 0.282 e. The number of carbonyl (C=O) groups is 2. The molecule has 3 rings (SSSR count). The fourth-order valence-corrected chi connectivity index (χ4v) is 2.16. The van der Waals surface area contributed by atoms with E-state index >= 15 is 0 Å². The van der Waals surface area contributed by atoms with Crippen LogP contribution in [0.5, 0.6) is 0 Å². The average molecular weight is 295 g/mol. The summed E-state index contributed by atoms with van der Waals surface area (Å²) in [5, 5.41) is 15.4. The van der Waals surface area contributed by atoms with Crippen LogP contribution >= 0.6 is 0 Å². The van der Waals surface area contributed by atoms with Crippen LogP contribution in [0.3, 0.4) is 0 Å². The summed E-state index contributed by atoms with van der Waals surface area (Å²) in [6.07, 6.45) is 1.14. The van der Waals surface area contributed by atoms with Crippen LogP contribution in [0.1, 0.15) is 26.3 Å². The molecule has 22 heavy (non-hydrogen) atoms. The first-order valence-corrected chi connectivity index (χ1v) is 6.35.